The van der Waals surface area contributed by atoms with Crippen LogP contribution >= 0.6 is 0 Å². The van der Waals surface area contributed by atoms with Crippen molar-refractivity contribution in [3.05, 3.63) is 28.8 Å². The molecule has 2 amide bonds. The minimum absolute atomic E-state index is 0.104. The molecule has 1 fully saturated rings. The van der Waals surface area contributed by atoms with E-state index in [1.54, 1.807) is 13.8 Å². The first-order chi connectivity index (χ1) is 14.0. The maximum Gasteiger partial charge on any atom is 0.309 e. The summed E-state index contributed by atoms with van der Waals surface area (Å²) in [5, 5.41) is 5.02. The number of hydrogen-bond acceptors (Lipinski definition) is 6. The Morgan fingerprint density at radius 2 is 1.73 bits per heavy atom. The number of benzene rings is 1. The van der Waals surface area contributed by atoms with Gasteiger partial charge in [-0.15, -0.1) is 0 Å². The molecule has 0 unspecified atom stereocenters. The molecule has 9 nitrogen and oxygen atoms in total. The van der Waals surface area contributed by atoms with Crippen LogP contribution in [-0.4, -0.2) is 82.5 Å². The molecular formula is C20H32N4O5S. The number of nitrogens with zero attached hydrogens (tertiary/aromatic N) is 2. The van der Waals surface area contributed by atoms with E-state index in [9.17, 15) is 18.0 Å². The second-order valence-corrected chi connectivity index (χ2v) is 9.62. The van der Waals surface area contributed by atoms with Crippen molar-refractivity contribution in [2.75, 3.05) is 46.9 Å². The molecule has 0 radical (unpaired) electrons. The summed E-state index contributed by atoms with van der Waals surface area (Å²) in [4.78, 5) is 26.2. The molecule has 2 rings (SSSR count). The molecule has 0 bridgehead atoms. The van der Waals surface area contributed by atoms with Gasteiger partial charge in [-0.25, -0.2) is 8.42 Å². The number of carbonyl (C=O) groups excluding carboxylic acids is 2. The van der Waals surface area contributed by atoms with Crippen molar-refractivity contribution in [2.45, 2.75) is 38.3 Å². The Labute approximate surface area is 178 Å². The Morgan fingerprint density at radius 3 is 2.33 bits per heavy atom. The summed E-state index contributed by atoms with van der Waals surface area (Å²) < 4.78 is 33.3. The highest BCUT2D eigenvalue weighted by Gasteiger charge is 2.38. The summed E-state index contributed by atoms with van der Waals surface area (Å²) in [5.74, 6) is -1.55. The van der Waals surface area contributed by atoms with E-state index < -0.39 is 28.1 Å². The zero-order valence-electron chi connectivity index (χ0n) is 18.3. The minimum Gasteiger partial charge on any atom is -0.359 e. The molecule has 1 aromatic rings. The second-order valence-electron chi connectivity index (χ2n) is 7.79. The van der Waals surface area contributed by atoms with Crippen molar-refractivity contribution in [3.8, 4) is 0 Å². The number of carbonyl (C=O) groups is 2. The van der Waals surface area contributed by atoms with Crippen LogP contribution in [0.3, 0.4) is 0 Å². The van der Waals surface area contributed by atoms with Crippen molar-refractivity contribution < 1.29 is 22.7 Å². The Bertz CT molecular complexity index is 862. The van der Waals surface area contributed by atoms with E-state index in [-0.39, 0.29) is 24.6 Å². The van der Waals surface area contributed by atoms with Gasteiger partial charge >= 0.3 is 11.8 Å². The molecular weight excluding hydrogens is 408 g/mol. The third-order valence-corrected chi connectivity index (χ3v) is 7.02. The molecule has 0 saturated carbocycles. The van der Waals surface area contributed by atoms with Gasteiger partial charge in [-0.05, 0) is 59.0 Å². The lowest BCUT2D eigenvalue weighted by atomic mass is 10.1. The molecule has 0 aliphatic carbocycles. The molecule has 1 aromatic carbocycles. The van der Waals surface area contributed by atoms with Crippen LogP contribution in [0.2, 0.25) is 0 Å². The summed E-state index contributed by atoms with van der Waals surface area (Å²) in [6, 6.07) is 3.66. The smallest absolute Gasteiger partial charge is 0.309 e. The summed E-state index contributed by atoms with van der Waals surface area (Å²) >= 11 is 0. The lowest BCUT2D eigenvalue weighted by Crippen LogP contribution is -2.47. The SMILES string of the molecule is Cc1cc(C)c(S(=O)(=O)N2CCO[C@@H]2CNC(=O)C(=O)NCCCN(C)C)c(C)c1. The molecule has 10 heteroatoms. The zero-order chi connectivity index (χ0) is 22.5. The molecule has 1 aliphatic rings. The largest absolute Gasteiger partial charge is 0.359 e. The molecule has 0 spiro atoms. The van der Waals surface area contributed by atoms with Crippen LogP contribution in [-0.2, 0) is 24.3 Å². The zero-order valence-corrected chi connectivity index (χ0v) is 19.1. The third-order valence-electron chi connectivity index (χ3n) is 4.83. The molecule has 2 N–H and O–H groups in total. The van der Waals surface area contributed by atoms with E-state index in [0.29, 0.717) is 17.7 Å². The predicted octanol–water partition coefficient (Wildman–Crippen LogP) is 0.143. The first kappa shape index (κ1) is 24.3. The van der Waals surface area contributed by atoms with Crippen molar-refractivity contribution in [2.24, 2.45) is 0 Å². The van der Waals surface area contributed by atoms with Crippen molar-refractivity contribution in [1.29, 1.82) is 0 Å². The molecule has 1 atom stereocenters. The van der Waals surface area contributed by atoms with E-state index in [1.807, 2.05) is 38.1 Å². The van der Waals surface area contributed by atoms with E-state index in [0.717, 1.165) is 18.5 Å². The molecule has 0 aromatic heterocycles. The van der Waals surface area contributed by atoms with Crippen molar-refractivity contribution in [3.63, 3.8) is 0 Å². The van der Waals surface area contributed by atoms with Gasteiger partial charge in [0.05, 0.1) is 18.0 Å². The van der Waals surface area contributed by atoms with Crippen molar-refractivity contribution >= 4 is 21.8 Å². The maximum absolute atomic E-state index is 13.3. The minimum atomic E-state index is -3.81. The molecule has 168 valence electrons. The van der Waals surface area contributed by atoms with Gasteiger partial charge in [0.25, 0.3) is 0 Å². The van der Waals surface area contributed by atoms with Crippen LogP contribution in [0, 0.1) is 20.8 Å². The normalized spacial score (nSPS) is 17.3. The average molecular weight is 441 g/mol. The van der Waals surface area contributed by atoms with Gasteiger partial charge in [-0.2, -0.15) is 4.31 Å². The van der Waals surface area contributed by atoms with Gasteiger partial charge in [0, 0.05) is 13.1 Å². The lowest BCUT2D eigenvalue weighted by molar-refractivity contribution is -0.139. The Balaban J connectivity index is 1.99. The monoisotopic (exact) mass is 440 g/mol. The molecule has 1 aliphatic heterocycles. The van der Waals surface area contributed by atoms with Crippen LogP contribution in [0.4, 0.5) is 0 Å². The number of sulfonamides is 1. The summed E-state index contributed by atoms with van der Waals surface area (Å²) in [6.07, 6.45) is -0.139. The highest BCUT2D eigenvalue weighted by atomic mass is 32.2. The Kier molecular flexibility index (Phi) is 8.36. The summed E-state index contributed by atoms with van der Waals surface area (Å²) in [6.45, 7) is 6.93. The van der Waals surface area contributed by atoms with Crippen LogP contribution in [0.5, 0.6) is 0 Å². The molecule has 30 heavy (non-hydrogen) atoms. The highest BCUT2D eigenvalue weighted by Crippen LogP contribution is 2.28. The number of rotatable bonds is 8. The predicted molar refractivity (Wildman–Crippen MR) is 113 cm³/mol. The fourth-order valence-electron chi connectivity index (χ4n) is 3.57. The third kappa shape index (κ3) is 6.00. The molecule has 1 heterocycles. The van der Waals surface area contributed by atoms with E-state index in [2.05, 4.69) is 10.6 Å². The van der Waals surface area contributed by atoms with Crippen LogP contribution < -0.4 is 10.6 Å². The van der Waals surface area contributed by atoms with Gasteiger partial charge in [0.15, 0.2) is 0 Å². The van der Waals surface area contributed by atoms with Crippen LogP contribution in [0.1, 0.15) is 23.1 Å². The van der Waals surface area contributed by atoms with E-state index >= 15 is 0 Å². The van der Waals surface area contributed by atoms with Crippen LogP contribution in [0.25, 0.3) is 0 Å². The summed E-state index contributed by atoms with van der Waals surface area (Å²) in [7, 11) is 0.0442. The number of aryl methyl sites for hydroxylation is 3. The fourth-order valence-corrected chi connectivity index (χ4v) is 5.50. The van der Waals surface area contributed by atoms with E-state index in [1.165, 1.54) is 4.31 Å². The lowest BCUT2D eigenvalue weighted by Gasteiger charge is -2.24. The topological polar surface area (TPSA) is 108 Å². The van der Waals surface area contributed by atoms with Gasteiger partial charge < -0.3 is 20.3 Å². The van der Waals surface area contributed by atoms with Gasteiger partial charge in [0.1, 0.15) is 6.23 Å². The average Bonchev–Trinajstić information content (AvgIpc) is 3.11. The van der Waals surface area contributed by atoms with Crippen LogP contribution in [0.15, 0.2) is 17.0 Å². The first-order valence-electron chi connectivity index (χ1n) is 9.96. The van der Waals surface area contributed by atoms with Gasteiger partial charge in [-0.3, -0.25) is 9.59 Å². The quantitative estimate of drug-likeness (QED) is 0.440. The highest BCUT2D eigenvalue weighted by molar-refractivity contribution is 7.89. The number of hydrogen-bond donors (Lipinski definition) is 2. The molecule has 1 saturated heterocycles. The fraction of sp³-hybridized carbons (Fsp3) is 0.600. The van der Waals surface area contributed by atoms with E-state index in [4.69, 9.17) is 4.74 Å². The Morgan fingerprint density at radius 1 is 1.13 bits per heavy atom. The number of amides is 2. The maximum atomic E-state index is 13.3. The van der Waals surface area contributed by atoms with Gasteiger partial charge in [-0.1, -0.05) is 17.7 Å². The Hall–Kier alpha value is -2.01. The standard InChI is InChI=1S/C20H32N4O5S/c1-14-11-15(2)18(16(3)12-14)30(27,28)24-9-10-29-17(24)13-22-20(26)19(25)21-7-6-8-23(4)5/h11-12,17H,6-10,13H2,1-5H3,(H,21,25)(H,22,26)/t17-/m1/s1. The summed E-state index contributed by atoms with van der Waals surface area (Å²) in [5.41, 5.74) is 2.32. The first-order valence-corrected chi connectivity index (χ1v) is 11.4. The number of ether oxygens (including phenoxy) is 1. The van der Waals surface area contributed by atoms with Crippen molar-refractivity contribution in [1.82, 2.24) is 19.8 Å². The number of nitrogens with one attached hydrogen (secondary N) is 2. The second kappa shape index (κ2) is 10.3. The van der Waals surface area contributed by atoms with Gasteiger partial charge in [0.2, 0.25) is 10.0 Å².